The fourth-order valence-corrected chi connectivity index (χ4v) is 1.91. The Morgan fingerprint density at radius 1 is 1.37 bits per heavy atom. The lowest BCUT2D eigenvalue weighted by Gasteiger charge is -2.30. The van der Waals surface area contributed by atoms with Gasteiger partial charge >= 0.3 is 6.18 Å². The van der Waals surface area contributed by atoms with E-state index in [9.17, 15) is 22.8 Å². The average molecular weight is 282 g/mol. The second-order valence-electron chi connectivity index (χ2n) is 4.58. The number of likely N-dealkylation sites (tertiary alicyclic amines) is 1. The van der Waals surface area contributed by atoms with Crippen LogP contribution in [0.15, 0.2) is 0 Å². The summed E-state index contributed by atoms with van der Waals surface area (Å²) in [6.07, 6.45) is -6.43. The quantitative estimate of drug-likeness (QED) is 0.781. The number of aliphatic hydroxyl groups is 1. The highest BCUT2D eigenvalue weighted by atomic mass is 19.4. The van der Waals surface area contributed by atoms with Crippen molar-refractivity contribution in [3.8, 4) is 0 Å². The van der Waals surface area contributed by atoms with E-state index in [4.69, 9.17) is 5.11 Å². The second kappa shape index (κ2) is 6.23. The van der Waals surface area contributed by atoms with Crippen LogP contribution in [0.4, 0.5) is 13.2 Å². The van der Waals surface area contributed by atoms with Crippen molar-refractivity contribution in [1.82, 2.24) is 10.2 Å². The summed E-state index contributed by atoms with van der Waals surface area (Å²) in [6, 6.07) is 0. The van der Waals surface area contributed by atoms with Gasteiger partial charge in [0.1, 0.15) is 0 Å². The van der Waals surface area contributed by atoms with Crippen LogP contribution in [0.1, 0.15) is 19.8 Å². The molecule has 0 saturated carbocycles. The van der Waals surface area contributed by atoms with Crippen LogP contribution >= 0.6 is 0 Å². The Bertz CT molecular complexity index is 339. The topological polar surface area (TPSA) is 69.6 Å². The van der Waals surface area contributed by atoms with Crippen molar-refractivity contribution in [2.45, 2.75) is 32.0 Å². The Hall–Kier alpha value is -1.31. The molecule has 2 N–H and O–H groups in total. The van der Waals surface area contributed by atoms with E-state index in [0.29, 0.717) is 25.9 Å². The molecule has 1 saturated heterocycles. The maximum atomic E-state index is 12.0. The van der Waals surface area contributed by atoms with Crippen molar-refractivity contribution in [1.29, 1.82) is 0 Å². The zero-order valence-corrected chi connectivity index (χ0v) is 10.5. The Balaban J connectivity index is 2.34. The number of carbonyl (C=O) groups excluding carboxylic acids is 2. The normalized spacial score (nSPS) is 19.1. The number of rotatable bonds is 3. The van der Waals surface area contributed by atoms with Crippen LogP contribution in [-0.4, -0.2) is 53.7 Å². The Morgan fingerprint density at radius 3 is 2.32 bits per heavy atom. The molecule has 1 heterocycles. The lowest BCUT2D eigenvalue weighted by atomic mass is 9.96. The fraction of sp³-hybridized carbons (Fsp3) is 0.818. The summed E-state index contributed by atoms with van der Waals surface area (Å²) in [7, 11) is 0. The zero-order valence-electron chi connectivity index (χ0n) is 10.5. The number of aliphatic hydroxyl groups excluding tert-OH is 1. The molecule has 8 heteroatoms. The van der Waals surface area contributed by atoms with E-state index >= 15 is 0 Å². The molecule has 19 heavy (non-hydrogen) atoms. The Morgan fingerprint density at radius 2 is 1.89 bits per heavy atom. The second-order valence-corrected chi connectivity index (χ2v) is 4.58. The van der Waals surface area contributed by atoms with E-state index in [1.54, 1.807) is 4.90 Å². The molecule has 110 valence electrons. The van der Waals surface area contributed by atoms with Gasteiger partial charge in [0, 0.05) is 25.9 Å². The molecule has 0 radical (unpaired) electrons. The number of halogens is 3. The molecule has 1 aliphatic heterocycles. The van der Waals surface area contributed by atoms with Gasteiger partial charge in [-0.25, -0.2) is 0 Å². The van der Waals surface area contributed by atoms with Crippen LogP contribution in [0.3, 0.4) is 0 Å². The first kappa shape index (κ1) is 15.7. The van der Waals surface area contributed by atoms with Crippen LogP contribution in [0.5, 0.6) is 0 Å². The molecule has 0 bridgehead atoms. The van der Waals surface area contributed by atoms with Crippen molar-refractivity contribution in [2.75, 3.05) is 19.6 Å². The number of piperidine rings is 1. The molecule has 0 aromatic heterocycles. The summed E-state index contributed by atoms with van der Waals surface area (Å²) in [5.74, 6) is -0.992. The highest BCUT2D eigenvalue weighted by Crippen LogP contribution is 2.20. The summed E-state index contributed by atoms with van der Waals surface area (Å²) in [5.41, 5.74) is 0. The molecule has 0 aromatic rings. The summed E-state index contributed by atoms with van der Waals surface area (Å²) >= 11 is 0. The van der Waals surface area contributed by atoms with Gasteiger partial charge in [-0.3, -0.25) is 9.59 Å². The first-order valence-electron chi connectivity index (χ1n) is 6.00. The summed E-state index contributed by atoms with van der Waals surface area (Å²) < 4.78 is 36.1. The van der Waals surface area contributed by atoms with Crippen molar-refractivity contribution < 1.29 is 27.9 Å². The first-order valence-corrected chi connectivity index (χ1v) is 6.00. The van der Waals surface area contributed by atoms with E-state index in [1.165, 1.54) is 6.92 Å². The molecule has 5 nitrogen and oxygen atoms in total. The minimum Gasteiger partial charge on any atom is -0.382 e. The number of carbonyl (C=O) groups is 2. The van der Waals surface area contributed by atoms with Gasteiger partial charge in [-0.15, -0.1) is 0 Å². The van der Waals surface area contributed by atoms with E-state index in [-0.39, 0.29) is 5.91 Å². The van der Waals surface area contributed by atoms with Gasteiger partial charge in [0.05, 0.1) is 6.54 Å². The maximum Gasteiger partial charge on any atom is 0.416 e. The third-order valence-electron chi connectivity index (χ3n) is 3.16. The van der Waals surface area contributed by atoms with E-state index in [2.05, 4.69) is 5.32 Å². The lowest BCUT2D eigenvalue weighted by molar-refractivity contribution is -0.202. The van der Waals surface area contributed by atoms with E-state index in [0.717, 1.165) is 0 Å². The summed E-state index contributed by atoms with van der Waals surface area (Å²) in [6.45, 7) is 1.44. The molecule has 0 aliphatic carbocycles. The molecule has 1 atom stereocenters. The van der Waals surface area contributed by atoms with Crippen molar-refractivity contribution >= 4 is 11.8 Å². The van der Waals surface area contributed by atoms with Crippen molar-refractivity contribution in [2.24, 2.45) is 5.92 Å². The van der Waals surface area contributed by atoms with Crippen LogP contribution in [0, 0.1) is 5.92 Å². The van der Waals surface area contributed by atoms with E-state index < -0.39 is 30.7 Å². The molecule has 0 aromatic carbocycles. The molecule has 1 rings (SSSR count). The van der Waals surface area contributed by atoms with Gasteiger partial charge in [0.25, 0.3) is 0 Å². The van der Waals surface area contributed by atoms with Crippen LogP contribution in [0.25, 0.3) is 0 Å². The molecule has 2 amide bonds. The molecule has 1 aliphatic rings. The van der Waals surface area contributed by atoms with Gasteiger partial charge < -0.3 is 15.3 Å². The number of nitrogens with zero attached hydrogens (tertiary/aromatic N) is 1. The highest BCUT2D eigenvalue weighted by molar-refractivity contribution is 5.79. The molecular formula is C11H17F3N2O3. The van der Waals surface area contributed by atoms with Gasteiger partial charge in [-0.2, -0.15) is 13.2 Å². The molecule has 0 spiro atoms. The summed E-state index contributed by atoms with van der Waals surface area (Å²) in [4.78, 5) is 24.3. The standard InChI is InChI=1S/C11H17F3N2O3/c1-7(17)16-4-2-8(3-5-16)10(19)15-6-9(18)11(12,13)14/h8-9,18H,2-6H2,1H3,(H,15,19). The Kier molecular flexibility index (Phi) is 5.16. The third kappa shape index (κ3) is 4.70. The predicted octanol–water partition coefficient (Wildman–Crippen LogP) is 0.284. The maximum absolute atomic E-state index is 12.0. The minimum atomic E-state index is -4.73. The highest BCUT2D eigenvalue weighted by Gasteiger charge is 2.38. The van der Waals surface area contributed by atoms with Crippen LogP contribution in [0.2, 0.25) is 0 Å². The minimum absolute atomic E-state index is 0.0775. The molecule has 1 unspecified atom stereocenters. The monoisotopic (exact) mass is 282 g/mol. The van der Waals surface area contributed by atoms with Crippen molar-refractivity contribution in [3.05, 3.63) is 0 Å². The number of nitrogens with one attached hydrogen (secondary N) is 1. The van der Waals surface area contributed by atoms with E-state index in [1.807, 2.05) is 0 Å². The molecular weight excluding hydrogens is 265 g/mol. The number of alkyl halides is 3. The largest absolute Gasteiger partial charge is 0.416 e. The van der Waals surface area contributed by atoms with Gasteiger partial charge in [0.15, 0.2) is 6.10 Å². The number of hydrogen-bond donors (Lipinski definition) is 2. The molecule has 1 fully saturated rings. The Labute approximate surface area is 108 Å². The van der Waals surface area contributed by atoms with Gasteiger partial charge in [-0.1, -0.05) is 0 Å². The van der Waals surface area contributed by atoms with Gasteiger partial charge in [-0.05, 0) is 12.8 Å². The number of amides is 2. The average Bonchev–Trinajstić information content (AvgIpc) is 2.34. The smallest absolute Gasteiger partial charge is 0.382 e. The summed E-state index contributed by atoms with van der Waals surface area (Å²) in [5, 5.41) is 10.8. The first-order chi connectivity index (χ1) is 8.71. The fourth-order valence-electron chi connectivity index (χ4n) is 1.91. The SMILES string of the molecule is CC(=O)N1CCC(C(=O)NCC(O)C(F)(F)F)CC1. The van der Waals surface area contributed by atoms with Crippen LogP contribution in [-0.2, 0) is 9.59 Å². The predicted molar refractivity (Wildman–Crippen MR) is 60.0 cm³/mol. The van der Waals surface area contributed by atoms with Crippen LogP contribution < -0.4 is 5.32 Å². The zero-order chi connectivity index (χ0) is 14.6. The lowest BCUT2D eigenvalue weighted by Crippen LogP contribution is -2.46. The van der Waals surface area contributed by atoms with Crippen molar-refractivity contribution in [3.63, 3.8) is 0 Å². The number of hydrogen-bond acceptors (Lipinski definition) is 3. The van der Waals surface area contributed by atoms with Gasteiger partial charge in [0.2, 0.25) is 11.8 Å². The third-order valence-corrected chi connectivity index (χ3v) is 3.16.